The van der Waals surface area contributed by atoms with Crippen molar-refractivity contribution in [1.29, 1.82) is 0 Å². The molecule has 0 aromatic heterocycles. The first-order valence-electron chi connectivity index (χ1n) is 10.1. The molecule has 0 radical (unpaired) electrons. The van der Waals surface area contributed by atoms with Gasteiger partial charge in [0.25, 0.3) is 5.91 Å². The van der Waals surface area contributed by atoms with Gasteiger partial charge < -0.3 is 15.8 Å². The van der Waals surface area contributed by atoms with Crippen molar-refractivity contribution in [1.82, 2.24) is 10.0 Å². The van der Waals surface area contributed by atoms with Crippen LogP contribution in [0.4, 0.5) is 0 Å². The summed E-state index contributed by atoms with van der Waals surface area (Å²) in [5.74, 6) is -1.11. The topological polar surface area (TPSA) is 129 Å². The van der Waals surface area contributed by atoms with E-state index >= 15 is 0 Å². The standard InChI is InChI=1S/C22H29N3O5S.Cr/c1-30-22(27)20(16-18-11-6-3-7-12-18)25-31(28,29)14-8-13-24-21(26)19(23)15-17-9-4-2-5-10-17;/h2-7,9-12,19-20,25H,8,13-16,23H2,1H3,(H,24,26);/p+1/t19-,20-;/m0./s1. The summed E-state index contributed by atoms with van der Waals surface area (Å²) < 4.78 is 32.0. The van der Waals surface area contributed by atoms with Crippen LogP contribution in [0.5, 0.6) is 0 Å². The Labute approximate surface area is 200 Å². The van der Waals surface area contributed by atoms with Gasteiger partial charge >= 0.3 is 5.97 Å². The van der Waals surface area contributed by atoms with Crippen molar-refractivity contribution in [3.8, 4) is 0 Å². The number of benzene rings is 2. The van der Waals surface area contributed by atoms with Gasteiger partial charge in [-0.05, 0) is 24.0 Å². The van der Waals surface area contributed by atoms with E-state index in [0.29, 0.717) is 6.42 Å². The Balaban J connectivity index is 0.00000512. The van der Waals surface area contributed by atoms with Crippen LogP contribution in [0.1, 0.15) is 17.5 Å². The Kier molecular flexibility index (Phi) is 12.2. The van der Waals surface area contributed by atoms with Crippen LogP contribution in [-0.4, -0.2) is 51.8 Å². The largest absolute Gasteiger partial charge is 0.468 e. The summed E-state index contributed by atoms with van der Waals surface area (Å²) >= 11 is 0. The summed E-state index contributed by atoms with van der Waals surface area (Å²) in [7, 11) is -2.52. The van der Waals surface area contributed by atoms with Crippen LogP contribution in [0.3, 0.4) is 0 Å². The third kappa shape index (κ3) is 9.94. The average molecular weight is 501 g/mol. The quantitative estimate of drug-likeness (QED) is 0.280. The van der Waals surface area contributed by atoms with E-state index in [1.54, 1.807) is 0 Å². The maximum Gasteiger partial charge on any atom is 0.324 e. The zero-order chi connectivity index (χ0) is 22.7. The summed E-state index contributed by atoms with van der Waals surface area (Å²) in [5, 5.41) is 2.72. The number of hydrogen-bond acceptors (Lipinski definition) is 5. The second kappa shape index (κ2) is 14.0. The van der Waals surface area contributed by atoms with E-state index in [2.05, 4.69) is 15.8 Å². The van der Waals surface area contributed by atoms with Gasteiger partial charge in [0.1, 0.15) is 6.04 Å². The van der Waals surface area contributed by atoms with E-state index in [9.17, 15) is 18.0 Å². The van der Waals surface area contributed by atoms with E-state index in [0.717, 1.165) is 11.1 Å². The number of carbonyl (C=O) groups is 2. The van der Waals surface area contributed by atoms with Gasteiger partial charge in [-0.25, -0.2) is 13.1 Å². The molecule has 10 heteroatoms. The summed E-state index contributed by atoms with van der Waals surface area (Å²) in [4.78, 5) is 24.2. The molecule has 0 heterocycles. The average Bonchev–Trinajstić information content (AvgIpc) is 2.76. The second-order valence-electron chi connectivity index (χ2n) is 7.23. The first-order chi connectivity index (χ1) is 14.8. The van der Waals surface area contributed by atoms with Crippen LogP contribution < -0.4 is 15.8 Å². The van der Waals surface area contributed by atoms with Crippen molar-refractivity contribution in [2.24, 2.45) is 0 Å². The number of amides is 1. The van der Waals surface area contributed by atoms with Crippen LogP contribution in [0.15, 0.2) is 60.7 Å². The van der Waals surface area contributed by atoms with Gasteiger partial charge in [0.05, 0.1) is 12.9 Å². The molecule has 2 aromatic rings. The van der Waals surface area contributed by atoms with Crippen molar-refractivity contribution in [2.45, 2.75) is 31.3 Å². The predicted molar refractivity (Wildman–Crippen MR) is 117 cm³/mol. The molecular weight excluding hydrogens is 470 g/mol. The number of quaternary nitrogens is 1. The number of esters is 1. The van der Waals surface area contributed by atoms with Crippen molar-refractivity contribution >= 4 is 21.9 Å². The molecule has 1 amide bonds. The minimum absolute atomic E-state index is 0. The molecule has 0 saturated heterocycles. The van der Waals surface area contributed by atoms with Crippen LogP contribution in [0.2, 0.25) is 0 Å². The molecule has 0 aliphatic rings. The van der Waals surface area contributed by atoms with Crippen molar-refractivity contribution in [3.63, 3.8) is 0 Å². The molecule has 2 aromatic carbocycles. The van der Waals surface area contributed by atoms with Gasteiger partial charge in [-0.2, -0.15) is 0 Å². The number of sulfonamides is 1. The Morgan fingerprint density at radius 2 is 1.50 bits per heavy atom. The molecule has 2 rings (SSSR count). The van der Waals surface area contributed by atoms with Crippen LogP contribution in [0, 0.1) is 0 Å². The molecule has 0 aliphatic carbocycles. The van der Waals surface area contributed by atoms with Crippen molar-refractivity contribution in [2.75, 3.05) is 19.4 Å². The van der Waals surface area contributed by atoms with Crippen molar-refractivity contribution in [3.05, 3.63) is 71.8 Å². The Morgan fingerprint density at radius 1 is 0.969 bits per heavy atom. The first-order valence-corrected chi connectivity index (χ1v) is 11.7. The van der Waals surface area contributed by atoms with Gasteiger partial charge in [-0.1, -0.05) is 60.7 Å². The zero-order valence-electron chi connectivity index (χ0n) is 18.0. The van der Waals surface area contributed by atoms with Crippen molar-refractivity contribution < 1.29 is 45.8 Å². The summed E-state index contributed by atoms with van der Waals surface area (Å²) in [6.07, 6.45) is 0.900. The fraction of sp³-hybridized carbons (Fsp3) is 0.364. The van der Waals surface area contributed by atoms with Gasteiger partial charge in [0, 0.05) is 30.3 Å². The fourth-order valence-electron chi connectivity index (χ4n) is 3.05. The molecular formula is C22H30CrN3O5S+. The number of rotatable bonds is 12. The zero-order valence-corrected chi connectivity index (χ0v) is 20.1. The molecule has 0 spiro atoms. The Hall–Kier alpha value is -2.22. The molecule has 0 saturated carbocycles. The van der Waals surface area contributed by atoms with Crippen LogP contribution >= 0.6 is 0 Å². The maximum atomic E-state index is 12.4. The molecule has 174 valence electrons. The third-order valence-electron chi connectivity index (χ3n) is 4.67. The van der Waals surface area contributed by atoms with E-state index in [1.807, 2.05) is 60.7 Å². The fourth-order valence-corrected chi connectivity index (χ4v) is 4.31. The Bertz CT molecular complexity index is 943. The summed E-state index contributed by atoms with van der Waals surface area (Å²) in [6, 6.07) is 17.2. The van der Waals surface area contributed by atoms with Crippen LogP contribution in [0.25, 0.3) is 0 Å². The number of hydrogen-bond donors (Lipinski definition) is 3. The minimum atomic E-state index is -3.74. The van der Waals surface area contributed by atoms with Gasteiger partial charge in [-0.15, -0.1) is 0 Å². The molecule has 5 N–H and O–H groups in total. The van der Waals surface area contributed by atoms with E-state index in [4.69, 9.17) is 4.74 Å². The predicted octanol–water partition coefficient (Wildman–Crippen LogP) is 0.0471. The van der Waals surface area contributed by atoms with Crippen LogP contribution in [-0.2, 0) is 54.6 Å². The van der Waals surface area contributed by atoms with E-state index < -0.39 is 28.1 Å². The molecule has 0 aliphatic heterocycles. The molecule has 0 bridgehead atoms. The first kappa shape index (κ1) is 27.8. The Morgan fingerprint density at radius 3 is 2.03 bits per heavy atom. The number of methoxy groups -OCH3 is 1. The smallest absolute Gasteiger partial charge is 0.324 e. The number of nitrogens with one attached hydrogen (secondary N) is 2. The van der Waals surface area contributed by atoms with Gasteiger partial charge in [-0.3, -0.25) is 9.59 Å². The normalized spacial score (nSPS) is 12.8. The molecule has 32 heavy (non-hydrogen) atoms. The minimum Gasteiger partial charge on any atom is -0.468 e. The molecule has 2 atom stereocenters. The summed E-state index contributed by atoms with van der Waals surface area (Å²) in [6.45, 7) is 0.197. The number of carbonyl (C=O) groups excluding carboxylic acids is 2. The molecule has 0 unspecified atom stereocenters. The molecule has 8 nitrogen and oxygen atoms in total. The van der Waals surface area contributed by atoms with Gasteiger partial charge in [0.2, 0.25) is 10.0 Å². The monoisotopic (exact) mass is 500 g/mol. The number of ether oxygens (including phenoxy) is 1. The van der Waals surface area contributed by atoms with E-state index in [1.165, 1.54) is 7.11 Å². The SMILES string of the molecule is COC(=O)[C@H](Cc1ccccc1)NS(=O)(=O)CCCNC(=O)[C@@H]([NH3+])Cc1ccccc1.[Cr]. The van der Waals surface area contributed by atoms with E-state index in [-0.39, 0.29) is 48.4 Å². The second-order valence-corrected chi connectivity index (χ2v) is 9.11. The maximum absolute atomic E-state index is 12.4. The van der Waals surface area contributed by atoms with Gasteiger partial charge in [0.15, 0.2) is 6.04 Å². The molecule has 0 fully saturated rings. The third-order valence-corrected chi connectivity index (χ3v) is 6.14. The summed E-state index contributed by atoms with van der Waals surface area (Å²) in [5.41, 5.74) is 5.70.